The van der Waals surface area contributed by atoms with E-state index in [-0.39, 0.29) is 0 Å². The minimum Gasteiger partial charge on any atom is -0.380 e. The molecule has 1 saturated heterocycles. The summed E-state index contributed by atoms with van der Waals surface area (Å²) in [6.07, 6.45) is 1.76. The Bertz CT molecular complexity index is 175. The Morgan fingerprint density at radius 2 is 2.09 bits per heavy atom. The van der Waals surface area contributed by atoms with Crippen LogP contribution in [-0.4, -0.2) is 38.5 Å². The van der Waals surface area contributed by atoms with E-state index in [1.807, 2.05) is 0 Å². The lowest BCUT2D eigenvalue weighted by Gasteiger charge is -1.90. The summed E-state index contributed by atoms with van der Waals surface area (Å²) in [5, 5.41) is 0. The molecule has 1 aliphatic heterocycles. The molecule has 0 amide bonds. The van der Waals surface area contributed by atoms with Crippen LogP contribution in [0.25, 0.3) is 0 Å². The molecule has 6 heteroatoms. The van der Waals surface area contributed by atoms with Crippen LogP contribution in [0.3, 0.4) is 0 Å². The average Bonchev–Trinajstić information content (AvgIpc) is 2.12. The Hall–Kier alpha value is -0.170. The van der Waals surface area contributed by atoms with Gasteiger partial charge in [-0.2, -0.15) is 8.42 Å². The van der Waals surface area contributed by atoms with Crippen LogP contribution >= 0.6 is 0 Å². The molecule has 0 aromatic heterocycles. The summed E-state index contributed by atoms with van der Waals surface area (Å²) >= 11 is 0. The van der Waals surface area contributed by atoms with E-state index < -0.39 is 10.1 Å². The molecule has 11 heavy (non-hydrogen) atoms. The van der Waals surface area contributed by atoms with Crippen molar-refractivity contribution in [3.05, 3.63) is 0 Å². The van der Waals surface area contributed by atoms with E-state index in [1.165, 1.54) is 0 Å². The minimum absolute atomic E-state index is 0.324. The van der Waals surface area contributed by atoms with Crippen LogP contribution in [0, 0.1) is 0 Å². The van der Waals surface area contributed by atoms with Crippen molar-refractivity contribution in [2.45, 2.75) is 12.5 Å². The fourth-order valence-corrected chi connectivity index (χ4v) is 0.553. The van der Waals surface area contributed by atoms with Gasteiger partial charge in [-0.05, 0) is 6.42 Å². The van der Waals surface area contributed by atoms with Crippen LogP contribution in [0.4, 0.5) is 0 Å². The van der Waals surface area contributed by atoms with Gasteiger partial charge in [-0.1, -0.05) is 0 Å². The van der Waals surface area contributed by atoms with Crippen molar-refractivity contribution in [2.24, 2.45) is 5.73 Å². The van der Waals surface area contributed by atoms with Crippen molar-refractivity contribution >= 4 is 10.1 Å². The van der Waals surface area contributed by atoms with Gasteiger partial charge in [0, 0.05) is 12.6 Å². The predicted octanol–water partition coefficient (Wildman–Crippen LogP) is -0.762. The molecule has 0 aromatic carbocycles. The molecule has 3 N–H and O–H groups in total. The van der Waals surface area contributed by atoms with Gasteiger partial charge in [0.15, 0.2) is 0 Å². The molecule has 0 aromatic rings. The summed E-state index contributed by atoms with van der Waals surface area (Å²) in [4.78, 5) is 0. The van der Waals surface area contributed by atoms with Gasteiger partial charge >= 0.3 is 0 Å². The number of hydrogen-bond acceptors (Lipinski definition) is 4. The Balaban J connectivity index is 0.000000187. The Morgan fingerprint density at radius 1 is 1.64 bits per heavy atom. The smallest absolute Gasteiger partial charge is 0.261 e. The summed E-state index contributed by atoms with van der Waals surface area (Å²) in [5.74, 6) is 0. The fourth-order valence-electron chi connectivity index (χ4n) is 0.553. The molecule has 0 aliphatic carbocycles. The lowest BCUT2D eigenvalue weighted by molar-refractivity contribution is 0.194. The summed E-state index contributed by atoms with van der Waals surface area (Å²) in [6, 6.07) is 0.324. The fraction of sp³-hybridized carbons (Fsp3) is 1.00. The number of rotatable bonds is 0. The summed E-state index contributed by atoms with van der Waals surface area (Å²) in [6.45, 7) is 1.63. The highest BCUT2D eigenvalue weighted by Gasteiger charge is 2.08. The second-order valence-corrected chi connectivity index (χ2v) is 3.82. The highest BCUT2D eigenvalue weighted by atomic mass is 32.2. The summed E-state index contributed by atoms with van der Waals surface area (Å²) in [7, 11) is -3.67. The second-order valence-electron chi connectivity index (χ2n) is 2.36. The average molecular weight is 183 g/mol. The molecule has 1 unspecified atom stereocenters. The maximum absolute atomic E-state index is 9.19. The molecule has 0 spiro atoms. The van der Waals surface area contributed by atoms with Crippen LogP contribution in [0.2, 0.25) is 0 Å². The maximum Gasteiger partial charge on any atom is 0.261 e. The van der Waals surface area contributed by atoms with E-state index in [2.05, 4.69) is 0 Å². The molecule has 5 nitrogen and oxygen atoms in total. The van der Waals surface area contributed by atoms with Gasteiger partial charge < -0.3 is 10.5 Å². The van der Waals surface area contributed by atoms with Crippen molar-refractivity contribution in [3.63, 3.8) is 0 Å². The first kappa shape index (κ1) is 10.8. The maximum atomic E-state index is 9.19. The van der Waals surface area contributed by atoms with Crippen molar-refractivity contribution in [1.29, 1.82) is 0 Å². The van der Waals surface area contributed by atoms with Crippen LogP contribution in [0.1, 0.15) is 6.42 Å². The molecule has 1 atom stereocenters. The molecule has 1 heterocycles. The third kappa shape index (κ3) is 12.9. The zero-order chi connectivity index (χ0) is 8.91. The lowest BCUT2D eigenvalue weighted by Crippen LogP contribution is -2.18. The molecular weight excluding hydrogens is 170 g/mol. The van der Waals surface area contributed by atoms with Crippen LogP contribution in [-0.2, 0) is 14.9 Å². The first-order valence-corrected chi connectivity index (χ1v) is 5.00. The van der Waals surface area contributed by atoms with Gasteiger partial charge in [0.2, 0.25) is 0 Å². The normalized spacial score (nSPS) is 24.1. The van der Waals surface area contributed by atoms with E-state index >= 15 is 0 Å². The van der Waals surface area contributed by atoms with Crippen molar-refractivity contribution in [2.75, 3.05) is 19.5 Å². The van der Waals surface area contributed by atoms with Crippen LogP contribution in [0.5, 0.6) is 0 Å². The molecule has 0 bridgehead atoms. The lowest BCUT2D eigenvalue weighted by atomic mass is 10.3. The number of hydrogen-bond donors (Lipinski definition) is 2. The van der Waals surface area contributed by atoms with Crippen LogP contribution in [0.15, 0.2) is 0 Å². The van der Waals surface area contributed by atoms with E-state index in [1.54, 1.807) is 0 Å². The molecule has 0 saturated carbocycles. The molecule has 0 radical (unpaired) electrons. The second kappa shape index (κ2) is 4.66. The number of nitrogens with two attached hydrogens (primary N) is 1. The monoisotopic (exact) mass is 183 g/mol. The summed E-state index contributed by atoms with van der Waals surface area (Å²) < 4.78 is 30.8. The Morgan fingerprint density at radius 3 is 2.18 bits per heavy atom. The van der Waals surface area contributed by atoms with Gasteiger partial charge in [-0.15, -0.1) is 0 Å². The predicted molar refractivity (Wildman–Crippen MR) is 40.9 cm³/mol. The molecular formula is C5H13NO4S. The van der Waals surface area contributed by atoms with Crippen molar-refractivity contribution < 1.29 is 17.7 Å². The van der Waals surface area contributed by atoms with Crippen molar-refractivity contribution in [1.82, 2.24) is 0 Å². The third-order valence-electron chi connectivity index (χ3n) is 0.965. The Kier molecular flexibility index (Phi) is 4.58. The zero-order valence-corrected chi connectivity index (χ0v) is 7.17. The van der Waals surface area contributed by atoms with E-state index in [0.29, 0.717) is 12.3 Å². The minimum atomic E-state index is -3.67. The quantitative estimate of drug-likeness (QED) is 0.482. The first-order valence-electron chi connectivity index (χ1n) is 3.15. The Labute approximate surface area is 66.3 Å². The zero-order valence-electron chi connectivity index (χ0n) is 6.36. The van der Waals surface area contributed by atoms with Crippen LogP contribution < -0.4 is 5.73 Å². The third-order valence-corrected chi connectivity index (χ3v) is 0.965. The van der Waals surface area contributed by atoms with E-state index in [0.717, 1.165) is 19.6 Å². The van der Waals surface area contributed by atoms with Gasteiger partial charge in [0.1, 0.15) is 0 Å². The number of ether oxygens (including phenoxy) is 1. The summed E-state index contributed by atoms with van der Waals surface area (Å²) in [5.41, 5.74) is 5.41. The highest BCUT2D eigenvalue weighted by Crippen LogP contribution is 1.98. The topological polar surface area (TPSA) is 89.6 Å². The molecule has 1 fully saturated rings. The first-order chi connectivity index (χ1) is 4.89. The molecule has 68 valence electrons. The van der Waals surface area contributed by atoms with E-state index in [4.69, 9.17) is 15.0 Å². The largest absolute Gasteiger partial charge is 0.380 e. The standard InChI is InChI=1S/C4H9NO.CH4O3S/c5-4-1-2-6-3-4;1-5(2,3)4/h4H,1-3,5H2;1H3,(H,2,3,4). The van der Waals surface area contributed by atoms with Crippen molar-refractivity contribution in [3.8, 4) is 0 Å². The van der Waals surface area contributed by atoms with Gasteiger partial charge in [0.05, 0.1) is 12.9 Å². The van der Waals surface area contributed by atoms with E-state index in [9.17, 15) is 8.42 Å². The van der Waals surface area contributed by atoms with Gasteiger partial charge in [-0.3, -0.25) is 4.55 Å². The highest BCUT2D eigenvalue weighted by molar-refractivity contribution is 7.85. The SMILES string of the molecule is CS(=O)(=O)O.NC1CCOC1. The molecule has 1 rings (SSSR count). The van der Waals surface area contributed by atoms with Gasteiger partial charge in [0.25, 0.3) is 10.1 Å². The molecule has 1 aliphatic rings. The van der Waals surface area contributed by atoms with Gasteiger partial charge in [-0.25, -0.2) is 0 Å².